The first-order valence-electron chi connectivity index (χ1n) is 9.82. The summed E-state index contributed by atoms with van der Waals surface area (Å²) >= 11 is 0. The fraction of sp³-hybridized carbons (Fsp3) is 0.944. The Kier molecular flexibility index (Phi) is 10.0. The summed E-state index contributed by atoms with van der Waals surface area (Å²) in [5.74, 6) is -0.264. The molecule has 0 aromatic rings. The molecule has 10 heteroatoms. The first-order chi connectivity index (χ1) is 13.5. The predicted molar refractivity (Wildman–Crippen MR) is 98.8 cm³/mol. The molecule has 0 aromatic heterocycles. The van der Waals surface area contributed by atoms with Crippen LogP contribution in [0.25, 0.3) is 0 Å². The summed E-state index contributed by atoms with van der Waals surface area (Å²) in [4.78, 5) is 11.3. The Morgan fingerprint density at radius 2 is 1.64 bits per heavy atom. The van der Waals surface area contributed by atoms with Crippen molar-refractivity contribution in [1.82, 2.24) is 5.32 Å². The van der Waals surface area contributed by atoms with E-state index in [4.69, 9.17) is 29.4 Å². The van der Waals surface area contributed by atoms with Crippen molar-refractivity contribution in [1.29, 1.82) is 0 Å². The van der Waals surface area contributed by atoms with Crippen LogP contribution in [0.3, 0.4) is 0 Å². The molecule has 5 N–H and O–H groups in total. The first kappa shape index (κ1) is 23.4. The molecule has 2 bridgehead atoms. The van der Waals surface area contributed by atoms with Gasteiger partial charge in [0.1, 0.15) is 17.8 Å². The van der Waals surface area contributed by atoms with Crippen LogP contribution in [0.2, 0.25) is 0 Å². The molecular formula is C18H34N2O8. The van der Waals surface area contributed by atoms with Gasteiger partial charge in [0.05, 0.1) is 65.0 Å². The maximum atomic E-state index is 11.3. The van der Waals surface area contributed by atoms with Gasteiger partial charge >= 0.3 is 0 Å². The standard InChI is InChI=1S/C18H34N2O8/c1-13(21)20-15-14-2-3-18(28-14,17(23)16(15)22)12-27-11-10-26-9-8-25-7-6-24-5-4-19/h14-17,22-23H,2-12,19H2,1H3,(H,20,21)/t14-,15+,16-,17-,18-/m1/s1. The highest BCUT2D eigenvalue weighted by molar-refractivity contribution is 5.73. The molecule has 164 valence electrons. The van der Waals surface area contributed by atoms with Crippen molar-refractivity contribution >= 4 is 5.91 Å². The zero-order valence-corrected chi connectivity index (χ0v) is 16.5. The average molecular weight is 406 g/mol. The molecule has 5 atom stereocenters. The number of carbonyl (C=O) groups is 1. The van der Waals surface area contributed by atoms with E-state index in [0.717, 1.165) is 0 Å². The van der Waals surface area contributed by atoms with Crippen LogP contribution in [-0.4, -0.2) is 105 Å². The monoisotopic (exact) mass is 406 g/mol. The van der Waals surface area contributed by atoms with Gasteiger partial charge < -0.3 is 44.9 Å². The van der Waals surface area contributed by atoms with Gasteiger partial charge in [-0.1, -0.05) is 0 Å². The third kappa shape index (κ3) is 6.60. The Labute approximate surface area is 165 Å². The van der Waals surface area contributed by atoms with Gasteiger partial charge in [0.15, 0.2) is 0 Å². The molecule has 28 heavy (non-hydrogen) atoms. The summed E-state index contributed by atoms with van der Waals surface area (Å²) in [6, 6.07) is -0.604. The van der Waals surface area contributed by atoms with E-state index in [-0.39, 0.29) is 18.6 Å². The summed E-state index contributed by atoms with van der Waals surface area (Å²) in [5.41, 5.74) is 4.37. The predicted octanol–water partition coefficient (Wildman–Crippen LogP) is -1.83. The van der Waals surface area contributed by atoms with Crippen LogP contribution in [0.4, 0.5) is 0 Å². The third-order valence-electron chi connectivity index (χ3n) is 4.96. The van der Waals surface area contributed by atoms with Crippen molar-refractivity contribution in [3.63, 3.8) is 0 Å². The lowest BCUT2D eigenvalue weighted by Crippen LogP contribution is -2.65. The number of ether oxygens (including phenoxy) is 5. The van der Waals surface area contributed by atoms with E-state index in [1.807, 2.05) is 0 Å². The van der Waals surface area contributed by atoms with Crippen molar-refractivity contribution in [2.75, 3.05) is 59.4 Å². The molecule has 0 unspecified atom stereocenters. The number of hydrogen-bond donors (Lipinski definition) is 4. The van der Waals surface area contributed by atoms with Gasteiger partial charge in [-0.2, -0.15) is 0 Å². The van der Waals surface area contributed by atoms with Gasteiger partial charge in [0, 0.05) is 13.5 Å². The minimum Gasteiger partial charge on any atom is -0.388 e. The smallest absolute Gasteiger partial charge is 0.217 e. The highest BCUT2D eigenvalue weighted by Gasteiger charge is 2.58. The number of nitrogens with two attached hydrogens (primary N) is 1. The number of amides is 1. The van der Waals surface area contributed by atoms with Crippen LogP contribution in [0.5, 0.6) is 0 Å². The maximum absolute atomic E-state index is 11.3. The second-order valence-corrected chi connectivity index (χ2v) is 7.10. The van der Waals surface area contributed by atoms with Crippen LogP contribution in [0, 0.1) is 0 Å². The van der Waals surface area contributed by atoms with E-state index in [2.05, 4.69) is 5.32 Å². The molecule has 1 amide bonds. The molecule has 0 radical (unpaired) electrons. The highest BCUT2D eigenvalue weighted by Crippen LogP contribution is 2.42. The second kappa shape index (κ2) is 12.0. The minimum absolute atomic E-state index is 0.160. The number of rotatable bonds is 14. The Morgan fingerprint density at radius 3 is 2.21 bits per heavy atom. The summed E-state index contributed by atoms with van der Waals surface area (Å²) in [5, 5.41) is 23.5. The lowest BCUT2D eigenvalue weighted by molar-refractivity contribution is -0.226. The highest BCUT2D eigenvalue weighted by atomic mass is 16.6. The normalized spacial score (nSPS) is 31.9. The Balaban J connectivity index is 1.56. The maximum Gasteiger partial charge on any atom is 0.217 e. The summed E-state index contributed by atoms with van der Waals surface area (Å²) in [6.45, 7) is 5.23. The molecule has 10 nitrogen and oxygen atoms in total. The van der Waals surface area contributed by atoms with E-state index >= 15 is 0 Å². The SMILES string of the molecule is CC(=O)N[C@@H]1[C@@H](O)[C@@H](O)[C@]2(COCCOCCOCCOCCN)CC[C@H]1O2. The Morgan fingerprint density at radius 1 is 1.07 bits per heavy atom. The lowest BCUT2D eigenvalue weighted by atomic mass is 9.88. The number of aliphatic hydroxyl groups excluding tert-OH is 2. The van der Waals surface area contributed by atoms with Gasteiger partial charge in [-0.05, 0) is 12.8 Å². The molecule has 0 saturated carbocycles. The zero-order chi connectivity index (χ0) is 20.4. The van der Waals surface area contributed by atoms with Gasteiger partial charge in [-0.3, -0.25) is 4.79 Å². The first-order valence-corrected chi connectivity index (χ1v) is 9.82. The van der Waals surface area contributed by atoms with Crippen LogP contribution in [-0.2, 0) is 28.5 Å². The van der Waals surface area contributed by atoms with E-state index in [1.165, 1.54) is 6.92 Å². The number of carbonyl (C=O) groups excluding carboxylic acids is 1. The molecule has 2 saturated heterocycles. The van der Waals surface area contributed by atoms with Crippen LogP contribution < -0.4 is 11.1 Å². The summed E-state index contributed by atoms with van der Waals surface area (Å²) < 4.78 is 27.5. The average Bonchev–Trinajstić information content (AvgIpc) is 3.07. The van der Waals surface area contributed by atoms with Gasteiger partial charge in [0.25, 0.3) is 0 Å². The van der Waals surface area contributed by atoms with E-state index < -0.39 is 23.9 Å². The number of aliphatic hydroxyl groups is 2. The number of nitrogens with one attached hydrogen (secondary N) is 1. The van der Waals surface area contributed by atoms with E-state index in [0.29, 0.717) is 65.6 Å². The molecule has 2 heterocycles. The topological polar surface area (TPSA) is 142 Å². The van der Waals surface area contributed by atoms with Crippen molar-refractivity contribution in [2.24, 2.45) is 5.73 Å². The van der Waals surface area contributed by atoms with Crippen LogP contribution in [0.1, 0.15) is 19.8 Å². The lowest BCUT2D eigenvalue weighted by Gasteiger charge is -2.44. The summed E-state index contributed by atoms with van der Waals surface area (Å²) in [7, 11) is 0. The third-order valence-corrected chi connectivity index (χ3v) is 4.96. The van der Waals surface area contributed by atoms with E-state index in [9.17, 15) is 15.0 Å². The number of fused-ring (bicyclic) bond motifs is 2. The second-order valence-electron chi connectivity index (χ2n) is 7.10. The fourth-order valence-corrected chi connectivity index (χ4v) is 3.60. The molecule has 2 aliphatic heterocycles. The molecule has 2 fully saturated rings. The van der Waals surface area contributed by atoms with Crippen LogP contribution >= 0.6 is 0 Å². The van der Waals surface area contributed by atoms with Crippen LogP contribution in [0.15, 0.2) is 0 Å². The van der Waals surface area contributed by atoms with Crippen molar-refractivity contribution in [3.05, 3.63) is 0 Å². The van der Waals surface area contributed by atoms with Gasteiger partial charge in [-0.25, -0.2) is 0 Å². The fourth-order valence-electron chi connectivity index (χ4n) is 3.60. The molecule has 2 rings (SSSR count). The quantitative estimate of drug-likeness (QED) is 0.245. The molecular weight excluding hydrogens is 372 g/mol. The van der Waals surface area contributed by atoms with Crippen molar-refractivity contribution in [3.8, 4) is 0 Å². The Bertz CT molecular complexity index is 469. The zero-order valence-electron chi connectivity index (χ0n) is 16.5. The molecule has 2 aliphatic rings. The van der Waals surface area contributed by atoms with Gasteiger partial charge in [0.2, 0.25) is 5.91 Å². The van der Waals surface area contributed by atoms with Crippen molar-refractivity contribution in [2.45, 2.75) is 49.7 Å². The largest absolute Gasteiger partial charge is 0.388 e. The minimum atomic E-state index is -1.13. The molecule has 0 spiro atoms. The Hall–Kier alpha value is -0.850. The molecule has 0 aromatic carbocycles. The van der Waals surface area contributed by atoms with Crippen molar-refractivity contribution < 1.29 is 38.7 Å². The molecule has 0 aliphatic carbocycles. The van der Waals surface area contributed by atoms with Gasteiger partial charge in [-0.15, -0.1) is 0 Å². The number of hydrogen-bond acceptors (Lipinski definition) is 9. The summed E-state index contributed by atoms with van der Waals surface area (Å²) in [6.07, 6.45) is -1.33. The van der Waals surface area contributed by atoms with E-state index in [1.54, 1.807) is 0 Å².